The summed E-state index contributed by atoms with van der Waals surface area (Å²) in [5.41, 5.74) is 0. The van der Waals surface area contributed by atoms with Gasteiger partial charge in [0.2, 0.25) is 0 Å². The van der Waals surface area contributed by atoms with Crippen molar-refractivity contribution in [3.63, 3.8) is 0 Å². The molecule has 1 unspecified atom stereocenters. The van der Waals surface area contributed by atoms with Crippen LogP contribution in [-0.2, 0) is 14.3 Å². The van der Waals surface area contributed by atoms with Gasteiger partial charge in [0, 0.05) is 19.3 Å². The van der Waals surface area contributed by atoms with Gasteiger partial charge in [-0.3, -0.25) is 4.79 Å². The molecule has 0 aromatic carbocycles. The first-order valence-corrected chi connectivity index (χ1v) is 6.32. The molecule has 0 radical (unpaired) electrons. The van der Waals surface area contributed by atoms with Crippen LogP contribution >= 0.6 is 0 Å². The van der Waals surface area contributed by atoms with Crippen LogP contribution in [0.1, 0.15) is 32.1 Å². The lowest BCUT2D eigenvalue weighted by Crippen LogP contribution is -2.26. The highest BCUT2D eigenvalue weighted by Crippen LogP contribution is 2.16. The number of hydrogen-bond donors (Lipinski definition) is 1. The van der Waals surface area contributed by atoms with E-state index in [4.69, 9.17) is 9.47 Å². The van der Waals surface area contributed by atoms with E-state index in [0.717, 1.165) is 45.6 Å². The topological polar surface area (TPSA) is 47.6 Å². The monoisotopic (exact) mass is 227 g/mol. The molecule has 0 aliphatic carbocycles. The first kappa shape index (κ1) is 11.9. The molecule has 1 N–H and O–H groups in total. The highest BCUT2D eigenvalue weighted by molar-refractivity contribution is 5.69. The second-order valence-electron chi connectivity index (χ2n) is 4.70. The van der Waals surface area contributed by atoms with Crippen molar-refractivity contribution in [3.8, 4) is 0 Å². The molecule has 0 bridgehead atoms. The summed E-state index contributed by atoms with van der Waals surface area (Å²) in [6.07, 6.45) is 4.56. The summed E-state index contributed by atoms with van der Waals surface area (Å²) >= 11 is 0. The maximum atomic E-state index is 11.6. The summed E-state index contributed by atoms with van der Waals surface area (Å²) in [6.45, 7) is 3.61. The maximum absolute atomic E-state index is 11.6. The Morgan fingerprint density at radius 3 is 2.81 bits per heavy atom. The van der Waals surface area contributed by atoms with Crippen LogP contribution in [-0.4, -0.2) is 38.4 Å². The zero-order valence-corrected chi connectivity index (χ0v) is 9.74. The Morgan fingerprint density at radius 2 is 2.12 bits per heavy atom. The molecular formula is C12H21NO3. The van der Waals surface area contributed by atoms with Gasteiger partial charge in [0.05, 0.1) is 13.2 Å². The molecule has 0 amide bonds. The fourth-order valence-corrected chi connectivity index (χ4v) is 2.32. The van der Waals surface area contributed by atoms with Crippen molar-refractivity contribution in [1.29, 1.82) is 0 Å². The molecule has 92 valence electrons. The average molecular weight is 227 g/mol. The number of nitrogens with one attached hydrogen (secondary N) is 1. The van der Waals surface area contributed by atoms with Crippen LogP contribution in [0.5, 0.6) is 0 Å². The van der Waals surface area contributed by atoms with Crippen molar-refractivity contribution in [3.05, 3.63) is 0 Å². The van der Waals surface area contributed by atoms with Crippen molar-refractivity contribution in [1.82, 2.24) is 5.32 Å². The SMILES string of the molecule is O=C(CCC1CCNC1)OC1CCOCC1. The predicted molar refractivity (Wildman–Crippen MR) is 60.1 cm³/mol. The molecule has 4 nitrogen and oxygen atoms in total. The summed E-state index contributed by atoms with van der Waals surface area (Å²) in [7, 11) is 0. The largest absolute Gasteiger partial charge is 0.462 e. The van der Waals surface area contributed by atoms with E-state index in [2.05, 4.69) is 5.32 Å². The van der Waals surface area contributed by atoms with Crippen LogP contribution in [0.4, 0.5) is 0 Å². The Kier molecular flexibility index (Phi) is 4.60. The third kappa shape index (κ3) is 3.76. The second kappa shape index (κ2) is 6.21. The van der Waals surface area contributed by atoms with Crippen LogP contribution in [0.2, 0.25) is 0 Å². The minimum absolute atomic E-state index is 0.0289. The van der Waals surface area contributed by atoms with Gasteiger partial charge in [-0.2, -0.15) is 0 Å². The number of esters is 1. The van der Waals surface area contributed by atoms with Gasteiger partial charge in [0.25, 0.3) is 0 Å². The number of rotatable bonds is 4. The van der Waals surface area contributed by atoms with Crippen molar-refractivity contribution in [2.75, 3.05) is 26.3 Å². The fourth-order valence-electron chi connectivity index (χ4n) is 2.32. The quantitative estimate of drug-likeness (QED) is 0.731. The maximum Gasteiger partial charge on any atom is 0.306 e. The summed E-state index contributed by atoms with van der Waals surface area (Å²) in [6, 6.07) is 0. The first-order valence-electron chi connectivity index (χ1n) is 6.32. The molecule has 2 rings (SSSR count). The summed E-state index contributed by atoms with van der Waals surface area (Å²) < 4.78 is 10.6. The number of carbonyl (C=O) groups excluding carboxylic acids is 1. The van der Waals surface area contributed by atoms with E-state index < -0.39 is 0 Å². The molecule has 2 saturated heterocycles. The lowest BCUT2D eigenvalue weighted by molar-refractivity contribution is -0.153. The van der Waals surface area contributed by atoms with Gasteiger partial charge in [0.1, 0.15) is 6.10 Å². The predicted octanol–water partition coefficient (Wildman–Crippen LogP) is 1.10. The van der Waals surface area contributed by atoms with E-state index in [0.29, 0.717) is 12.3 Å². The van der Waals surface area contributed by atoms with Crippen LogP contribution in [0.25, 0.3) is 0 Å². The zero-order valence-electron chi connectivity index (χ0n) is 9.74. The van der Waals surface area contributed by atoms with Gasteiger partial charge in [-0.15, -0.1) is 0 Å². The van der Waals surface area contributed by atoms with Crippen LogP contribution in [0.3, 0.4) is 0 Å². The Bertz CT molecular complexity index is 220. The summed E-state index contributed by atoms with van der Waals surface area (Å²) in [5, 5.41) is 3.31. The van der Waals surface area contributed by atoms with Crippen molar-refractivity contribution in [2.24, 2.45) is 5.92 Å². The summed E-state index contributed by atoms with van der Waals surface area (Å²) in [5.74, 6) is 0.640. The molecule has 0 spiro atoms. The second-order valence-corrected chi connectivity index (χ2v) is 4.70. The zero-order chi connectivity index (χ0) is 11.2. The highest BCUT2D eigenvalue weighted by atomic mass is 16.5. The van der Waals surface area contributed by atoms with Crippen LogP contribution in [0, 0.1) is 5.92 Å². The molecule has 2 aliphatic heterocycles. The van der Waals surface area contributed by atoms with E-state index in [1.54, 1.807) is 0 Å². The standard InChI is InChI=1S/C12H21NO3/c14-12(2-1-10-3-6-13-9-10)16-11-4-7-15-8-5-11/h10-11,13H,1-9H2. The highest BCUT2D eigenvalue weighted by Gasteiger charge is 2.20. The van der Waals surface area contributed by atoms with E-state index >= 15 is 0 Å². The van der Waals surface area contributed by atoms with E-state index in [-0.39, 0.29) is 12.1 Å². The number of ether oxygens (including phenoxy) is 2. The van der Waals surface area contributed by atoms with E-state index in [1.807, 2.05) is 0 Å². The molecular weight excluding hydrogens is 206 g/mol. The number of hydrogen-bond acceptors (Lipinski definition) is 4. The third-order valence-electron chi connectivity index (χ3n) is 3.39. The van der Waals surface area contributed by atoms with Gasteiger partial charge in [-0.05, 0) is 31.8 Å². The average Bonchev–Trinajstić information content (AvgIpc) is 2.81. The molecule has 2 aliphatic rings. The molecule has 4 heteroatoms. The van der Waals surface area contributed by atoms with Crippen LogP contribution in [0.15, 0.2) is 0 Å². The smallest absolute Gasteiger partial charge is 0.306 e. The van der Waals surface area contributed by atoms with Gasteiger partial charge in [-0.25, -0.2) is 0 Å². The lowest BCUT2D eigenvalue weighted by atomic mass is 10.0. The van der Waals surface area contributed by atoms with Gasteiger partial charge >= 0.3 is 5.97 Å². The molecule has 0 aromatic rings. The minimum atomic E-state index is -0.0289. The molecule has 2 heterocycles. The minimum Gasteiger partial charge on any atom is -0.462 e. The third-order valence-corrected chi connectivity index (χ3v) is 3.39. The Balaban J connectivity index is 1.59. The van der Waals surface area contributed by atoms with Gasteiger partial charge < -0.3 is 14.8 Å². The molecule has 16 heavy (non-hydrogen) atoms. The van der Waals surface area contributed by atoms with Gasteiger partial charge in [0.15, 0.2) is 0 Å². The normalized spacial score (nSPS) is 26.9. The van der Waals surface area contributed by atoms with Crippen molar-refractivity contribution >= 4 is 5.97 Å². The summed E-state index contributed by atoms with van der Waals surface area (Å²) in [4.78, 5) is 11.6. The Hall–Kier alpha value is -0.610. The van der Waals surface area contributed by atoms with Crippen molar-refractivity contribution in [2.45, 2.75) is 38.2 Å². The number of carbonyl (C=O) groups is 1. The lowest BCUT2D eigenvalue weighted by Gasteiger charge is -2.22. The first-order chi connectivity index (χ1) is 7.84. The molecule has 0 aromatic heterocycles. The molecule has 0 saturated carbocycles. The van der Waals surface area contributed by atoms with Crippen LogP contribution < -0.4 is 5.32 Å². The Labute approximate surface area is 96.7 Å². The molecule has 1 atom stereocenters. The fraction of sp³-hybridized carbons (Fsp3) is 0.917. The molecule has 2 fully saturated rings. The van der Waals surface area contributed by atoms with Gasteiger partial charge in [-0.1, -0.05) is 0 Å². The van der Waals surface area contributed by atoms with E-state index in [9.17, 15) is 4.79 Å². The van der Waals surface area contributed by atoms with Crippen molar-refractivity contribution < 1.29 is 14.3 Å². The van der Waals surface area contributed by atoms with E-state index in [1.165, 1.54) is 6.42 Å². The Morgan fingerprint density at radius 1 is 1.31 bits per heavy atom.